The van der Waals surface area contributed by atoms with Crippen LogP contribution in [0.5, 0.6) is 0 Å². The standard InChI is InChI=1S/C16H22F3/c1-3-13(2)8-5-4-6-9-14-10-7-11-15(12-14)16(17,18)19/h7,10-13H,2-6,8-9H2,1H3. The summed E-state index contributed by atoms with van der Waals surface area (Å²) in [6, 6.07) is 5.64. The summed E-state index contributed by atoms with van der Waals surface area (Å²) >= 11 is 0. The maximum Gasteiger partial charge on any atom is 0.416 e. The van der Waals surface area contributed by atoms with Crippen molar-refractivity contribution in [3.63, 3.8) is 0 Å². The van der Waals surface area contributed by atoms with Gasteiger partial charge in [0.1, 0.15) is 0 Å². The fourth-order valence-electron chi connectivity index (χ4n) is 2.05. The van der Waals surface area contributed by atoms with Gasteiger partial charge >= 0.3 is 6.18 Å². The summed E-state index contributed by atoms with van der Waals surface area (Å²) in [7, 11) is 0. The van der Waals surface area contributed by atoms with Crippen LogP contribution in [0.2, 0.25) is 0 Å². The van der Waals surface area contributed by atoms with Crippen LogP contribution >= 0.6 is 0 Å². The van der Waals surface area contributed by atoms with Crippen LogP contribution in [0.4, 0.5) is 13.2 Å². The number of hydrogen-bond acceptors (Lipinski definition) is 0. The number of aryl methyl sites for hydroxylation is 1. The number of rotatable bonds is 7. The van der Waals surface area contributed by atoms with Crippen LogP contribution in [0.15, 0.2) is 24.3 Å². The summed E-state index contributed by atoms with van der Waals surface area (Å²) in [6.45, 7) is 6.15. The van der Waals surface area contributed by atoms with Crippen molar-refractivity contribution in [1.29, 1.82) is 0 Å². The van der Waals surface area contributed by atoms with Gasteiger partial charge in [-0.2, -0.15) is 13.2 Å². The Bertz CT molecular complexity index is 369. The molecule has 0 aliphatic carbocycles. The Morgan fingerprint density at radius 3 is 2.53 bits per heavy atom. The molecule has 0 nitrogen and oxygen atoms in total. The monoisotopic (exact) mass is 271 g/mol. The predicted octanol–water partition coefficient (Wildman–Crippen LogP) is 5.67. The molecule has 0 amide bonds. The van der Waals surface area contributed by atoms with Crippen molar-refractivity contribution in [1.82, 2.24) is 0 Å². The summed E-state index contributed by atoms with van der Waals surface area (Å²) in [6.07, 6.45) is 1.80. The van der Waals surface area contributed by atoms with Gasteiger partial charge < -0.3 is 0 Å². The second-order valence-electron chi connectivity index (χ2n) is 5.07. The Morgan fingerprint density at radius 1 is 1.16 bits per heavy atom. The fraction of sp³-hybridized carbons (Fsp3) is 0.562. The van der Waals surface area contributed by atoms with Crippen LogP contribution in [0.1, 0.15) is 50.2 Å². The molecule has 0 heterocycles. The minimum atomic E-state index is -4.24. The number of benzene rings is 1. The van der Waals surface area contributed by atoms with E-state index in [9.17, 15) is 13.2 Å². The summed E-state index contributed by atoms with van der Waals surface area (Å²) in [5.74, 6) is 0.508. The summed E-state index contributed by atoms with van der Waals surface area (Å²) in [5.41, 5.74) is 0.227. The molecule has 0 aromatic heterocycles. The third-order valence-corrected chi connectivity index (χ3v) is 3.41. The maximum absolute atomic E-state index is 12.5. The molecule has 3 heteroatoms. The Labute approximate surface area is 114 Å². The predicted molar refractivity (Wildman–Crippen MR) is 72.8 cm³/mol. The molecular weight excluding hydrogens is 249 g/mol. The van der Waals surface area contributed by atoms with Gasteiger partial charge in [0, 0.05) is 0 Å². The van der Waals surface area contributed by atoms with Gasteiger partial charge in [0.15, 0.2) is 0 Å². The molecule has 0 saturated carbocycles. The molecule has 1 unspecified atom stereocenters. The minimum Gasteiger partial charge on any atom is -0.166 e. The normalized spacial score (nSPS) is 13.5. The lowest BCUT2D eigenvalue weighted by Gasteiger charge is -2.09. The highest BCUT2D eigenvalue weighted by atomic mass is 19.4. The van der Waals surface area contributed by atoms with Crippen LogP contribution < -0.4 is 0 Å². The zero-order chi connectivity index (χ0) is 14.3. The summed E-state index contributed by atoms with van der Waals surface area (Å²) < 4.78 is 37.6. The van der Waals surface area contributed by atoms with Crippen molar-refractivity contribution in [2.75, 3.05) is 0 Å². The average molecular weight is 271 g/mol. The molecule has 107 valence electrons. The van der Waals surface area contributed by atoms with E-state index in [0.717, 1.165) is 50.2 Å². The molecule has 0 aliphatic heterocycles. The van der Waals surface area contributed by atoms with E-state index in [0.29, 0.717) is 5.92 Å². The zero-order valence-electron chi connectivity index (χ0n) is 11.5. The van der Waals surface area contributed by atoms with Gasteiger partial charge in [-0.15, -0.1) is 0 Å². The van der Waals surface area contributed by atoms with Crippen molar-refractivity contribution in [3.8, 4) is 0 Å². The van der Waals surface area contributed by atoms with Gasteiger partial charge in [-0.3, -0.25) is 0 Å². The van der Waals surface area contributed by atoms with Crippen LogP contribution in [0.3, 0.4) is 0 Å². The molecule has 0 N–H and O–H groups in total. The lowest BCUT2D eigenvalue weighted by molar-refractivity contribution is -0.137. The summed E-state index contributed by atoms with van der Waals surface area (Å²) in [5, 5.41) is 0. The summed E-state index contributed by atoms with van der Waals surface area (Å²) in [4.78, 5) is 0. The van der Waals surface area contributed by atoms with Crippen molar-refractivity contribution >= 4 is 0 Å². The highest BCUT2D eigenvalue weighted by Gasteiger charge is 2.30. The van der Waals surface area contributed by atoms with E-state index in [4.69, 9.17) is 0 Å². The first kappa shape index (κ1) is 16.1. The molecule has 1 aromatic carbocycles. The van der Waals surface area contributed by atoms with E-state index in [2.05, 4.69) is 13.8 Å². The second kappa shape index (κ2) is 7.56. The average Bonchev–Trinajstić information content (AvgIpc) is 2.37. The molecule has 0 bridgehead atoms. The van der Waals surface area contributed by atoms with E-state index in [-0.39, 0.29) is 0 Å². The van der Waals surface area contributed by atoms with Crippen molar-refractivity contribution < 1.29 is 13.2 Å². The van der Waals surface area contributed by atoms with Crippen LogP contribution in [-0.4, -0.2) is 0 Å². The first-order valence-electron chi connectivity index (χ1n) is 6.92. The molecule has 0 fully saturated rings. The third kappa shape index (κ3) is 6.13. The van der Waals surface area contributed by atoms with Crippen molar-refractivity contribution in [2.24, 2.45) is 5.92 Å². The maximum atomic E-state index is 12.5. The zero-order valence-corrected chi connectivity index (χ0v) is 11.5. The lowest BCUT2D eigenvalue weighted by Crippen LogP contribution is -2.05. The van der Waals surface area contributed by atoms with Gasteiger partial charge in [0.05, 0.1) is 5.56 Å². The van der Waals surface area contributed by atoms with E-state index >= 15 is 0 Å². The first-order valence-corrected chi connectivity index (χ1v) is 6.92. The van der Waals surface area contributed by atoms with E-state index < -0.39 is 11.7 Å². The van der Waals surface area contributed by atoms with Gasteiger partial charge in [0.2, 0.25) is 0 Å². The minimum absolute atomic E-state index is 0.508. The highest BCUT2D eigenvalue weighted by molar-refractivity contribution is 5.25. The number of unbranched alkanes of at least 4 members (excludes halogenated alkanes) is 2. The second-order valence-corrected chi connectivity index (χ2v) is 5.07. The molecule has 1 atom stereocenters. The van der Waals surface area contributed by atoms with Crippen molar-refractivity contribution in [2.45, 2.75) is 51.6 Å². The molecule has 1 radical (unpaired) electrons. The van der Waals surface area contributed by atoms with Crippen LogP contribution in [0.25, 0.3) is 0 Å². The van der Waals surface area contributed by atoms with E-state index in [1.807, 2.05) is 0 Å². The van der Waals surface area contributed by atoms with Gasteiger partial charge in [-0.25, -0.2) is 0 Å². The van der Waals surface area contributed by atoms with Crippen LogP contribution in [-0.2, 0) is 12.6 Å². The molecule has 0 saturated heterocycles. The lowest BCUT2D eigenvalue weighted by atomic mass is 9.99. The van der Waals surface area contributed by atoms with E-state index in [1.165, 1.54) is 12.1 Å². The Balaban J connectivity index is 2.34. The SMILES string of the molecule is [CH2]C(CC)CCCCCc1cccc(C(F)(F)F)c1. The molecular formula is C16H22F3. The highest BCUT2D eigenvalue weighted by Crippen LogP contribution is 2.29. The largest absolute Gasteiger partial charge is 0.416 e. The molecule has 0 spiro atoms. The smallest absolute Gasteiger partial charge is 0.166 e. The molecule has 19 heavy (non-hydrogen) atoms. The van der Waals surface area contributed by atoms with Crippen molar-refractivity contribution in [3.05, 3.63) is 42.3 Å². The van der Waals surface area contributed by atoms with E-state index in [1.54, 1.807) is 6.07 Å². The Morgan fingerprint density at radius 2 is 1.89 bits per heavy atom. The number of alkyl halides is 3. The topological polar surface area (TPSA) is 0 Å². The Hall–Kier alpha value is -0.990. The third-order valence-electron chi connectivity index (χ3n) is 3.41. The molecule has 0 aliphatic rings. The first-order chi connectivity index (χ1) is 8.93. The quantitative estimate of drug-likeness (QED) is 0.560. The number of hydrogen-bond donors (Lipinski definition) is 0. The number of halogens is 3. The molecule has 1 aromatic rings. The Kier molecular flexibility index (Phi) is 6.40. The van der Waals surface area contributed by atoms with Gasteiger partial charge in [-0.1, -0.05) is 57.7 Å². The van der Waals surface area contributed by atoms with Crippen LogP contribution in [0, 0.1) is 12.8 Å². The molecule has 1 rings (SSSR count). The van der Waals surface area contributed by atoms with Gasteiger partial charge in [0.25, 0.3) is 0 Å². The fourth-order valence-corrected chi connectivity index (χ4v) is 2.05. The van der Waals surface area contributed by atoms with Gasteiger partial charge in [-0.05, 0) is 30.4 Å².